The lowest BCUT2D eigenvalue weighted by Crippen LogP contribution is -2.11. The van der Waals surface area contributed by atoms with Crippen LogP contribution in [0.3, 0.4) is 0 Å². The summed E-state index contributed by atoms with van der Waals surface area (Å²) in [6.45, 7) is 0. The monoisotopic (exact) mass is 822 g/mol. The fourth-order valence-electron chi connectivity index (χ4n) is 6.79. The Bertz CT molecular complexity index is 2710. The Hall–Kier alpha value is -6.71. The Morgan fingerprint density at radius 2 is 0.763 bits per heavy atom. The first-order chi connectivity index (χ1) is 27.8. The highest BCUT2D eigenvalue weighted by atomic mass is 19.4. The first-order valence-corrected chi connectivity index (χ1v) is 17.3. The number of fused-ring (bicyclic) bond motifs is 3. The molecule has 0 fully saturated rings. The van der Waals surface area contributed by atoms with Gasteiger partial charge in [-0.1, -0.05) is 72.8 Å². The van der Waals surface area contributed by atoms with Crippen molar-refractivity contribution in [3.8, 4) is 51.0 Å². The van der Waals surface area contributed by atoms with Gasteiger partial charge in [0.25, 0.3) is 0 Å². The van der Waals surface area contributed by atoms with Crippen molar-refractivity contribution in [1.82, 2.24) is 19.5 Å². The Balaban J connectivity index is 1.49. The Kier molecular flexibility index (Phi) is 9.28. The Labute approximate surface area is 325 Å². The SMILES string of the molecule is FC(F)(F)c1cc(-c2cc(-n3c4cc(C(F)(F)F)ccc4c4ccc(C(F)(F)F)cc43)ccc2-c2nc(-c3ccccc3)nc(-c3ccccc3)n2)cc(C(F)(F)F)c1. The van der Waals surface area contributed by atoms with Crippen LogP contribution in [0.1, 0.15) is 22.3 Å². The van der Waals surface area contributed by atoms with Gasteiger partial charge in [-0.25, -0.2) is 15.0 Å². The van der Waals surface area contributed by atoms with Crippen LogP contribution in [0.4, 0.5) is 52.7 Å². The molecule has 0 atom stereocenters. The molecule has 0 saturated heterocycles. The van der Waals surface area contributed by atoms with Crippen LogP contribution >= 0.6 is 0 Å². The van der Waals surface area contributed by atoms with Crippen LogP contribution in [0.5, 0.6) is 0 Å². The smallest absolute Gasteiger partial charge is 0.309 e. The lowest BCUT2D eigenvalue weighted by molar-refractivity contribution is -0.143. The average Bonchev–Trinajstić information content (AvgIpc) is 3.53. The van der Waals surface area contributed by atoms with E-state index in [0.29, 0.717) is 35.4 Å². The number of halogens is 12. The molecule has 0 bridgehead atoms. The molecule has 0 amide bonds. The van der Waals surface area contributed by atoms with Crippen molar-refractivity contribution in [2.24, 2.45) is 0 Å². The van der Waals surface area contributed by atoms with Gasteiger partial charge in [-0.15, -0.1) is 0 Å². The standard InChI is InChI=1S/C43H22F12N4/c44-40(45,46)26-11-14-31-32-15-12-27(41(47,48)49)21-36(32)59(35(31)20-26)30-13-16-33(34(22-30)25-17-28(42(50,51)52)19-29(18-25)43(53,54)55)39-57-37(23-7-3-1-4-8-23)56-38(58-39)24-9-5-2-6-10-24/h1-22H. The zero-order valence-corrected chi connectivity index (χ0v) is 29.5. The Morgan fingerprint density at radius 3 is 1.19 bits per heavy atom. The normalized spacial score (nSPS) is 12.7. The van der Waals surface area contributed by atoms with Gasteiger partial charge in [0, 0.05) is 33.2 Å². The fourth-order valence-corrected chi connectivity index (χ4v) is 6.79. The number of nitrogens with zero attached hydrogens (tertiary/aromatic N) is 4. The lowest BCUT2D eigenvalue weighted by Gasteiger charge is -2.18. The van der Waals surface area contributed by atoms with E-state index in [1.807, 2.05) is 0 Å². The first-order valence-electron chi connectivity index (χ1n) is 17.3. The summed E-state index contributed by atoms with van der Waals surface area (Å²) in [7, 11) is 0. The van der Waals surface area contributed by atoms with E-state index in [1.54, 1.807) is 60.7 Å². The van der Waals surface area contributed by atoms with Gasteiger partial charge >= 0.3 is 24.7 Å². The van der Waals surface area contributed by atoms with Crippen LogP contribution in [0, 0.1) is 0 Å². The van der Waals surface area contributed by atoms with Crippen molar-refractivity contribution >= 4 is 21.8 Å². The lowest BCUT2D eigenvalue weighted by atomic mass is 9.94. The highest BCUT2D eigenvalue weighted by Gasteiger charge is 2.38. The van der Waals surface area contributed by atoms with Crippen molar-refractivity contribution in [1.29, 1.82) is 0 Å². The topological polar surface area (TPSA) is 43.6 Å². The third kappa shape index (κ3) is 7.57. The number of hydrogen-bond donors (Lipinski definition) is 0. The summed E-state index contributed by atoms with van der Waals surface area (Å²) >= 11 is 0. The molecule has 8 rings (SSSR count). The van der Waals surface area contributed by atoms with Gasteiger partial charge in [-0.05, 0) is 71.8 Å². The number of rotatable bonds is 5. The van der Waals surface area contributed by atoms with Gasteiger partial charge in [0.1, 0.15) is 0 Å². The van der Waals surface area contributed by atoms with Crippen LogP contribution in [-0.2, 0) is 24.7 Å². The summed E-state index contributed by atoms with van der Waals surface area (Å²) in [5, 5.41) is 0.173. The van der Waals surface area contributed by atoms with E-state index in [1.165, 1.54) is 12.1 Å². The van der Waals surface area contributed by atoms with Crippen LogP contribution in [-0.4, -0.2) is 19.5 Å². The van der Waals surface area contributed by atoms with E-state index in [4.69, 9.17) is 0 Å². The second kappa shape index (κ2) is 14.0. The molecule has 16 heteroatoms. The zero-order valence-electron chi connectivity index (χ0n) is 29.5. The van der Waals surface area contributed by atoms with Crippen molar-refractivity contribution in [3.63, 3.8) is 0 Å². The summed E-state index contributed by atoms with van der Waals surface area (Å²) in [5.41, 5.74) is -6.58. The fraction of sp³-hybridized carbons (Fsp3) is 0.0930. The molecule has 0 N–H and O–H groups in total. The van der Waals surface area contributed by atoms with E-state index >= 15 is 0 Å². The molecule has 0 spiro atoms. The molecule has 2 heterocycles. The maximum atomic E-state index is 14.3. The minimum absolute atomic E-state index is 0.0682. The number of benzene rings is 6. The summed E-state index contributed by atoms with van der Waals surface area (Å²) in [6, 6.07) is 26.3. The summed E-state index contributed by atoms with van der Waals surface area (Å²) < 4.78 is 171. The Morgan fingerprint density at radius 1 is 0.339 bits per heavy atom. The van der Waals surface area contributed by atoms with Gasteiger partial charge in [0.05, 0.1) is 33.3 Å². The maximum Gasteiger partial charge on any atom is 0.416 e. The molecule has 8 aromatic rings. The highest BCUT2D eigenvalue weighted by Crippen LogP contribution is 2.44. The van der Waals surface area contributed by atoms with Crippen molar-refractivity contribution in [2.75, 3.05) is 0 Å². The average molecular weight is 823 g/mol. The highest BCUT2D eigenvalue weighted by molar-refractivity contribution is 6.10. The molecular weight excluding hydrogens is 800 g/mol. The maximum absolute atomic E-state index is 14.3. The van der Waals surface area contributed by atoms with E-state index in [2.05, 4.69) is 15.0 Å². The molecule has 2 aromatic heterocycles. The van der Waals surface area contributed by atoms with E-state index in [9.17, 15) is 52.7 Å². The molecule has 0 unspecified atom stereocenters. The minimum atomic E-state index is -5.28. The van der Waals surface area contributed by atoms with Crippen molar-refractivity contribution in [2.45, 2.75) is 24.7 Å². The zero-order chi connectivity index (χ0) is 42.1. The molecule has 0 saturated carbocycles. The number of alkyl halides is 12. The molecular formula is C43H22F12N4. The van der Waals surface area contributed by atoms with Gasteiger partial charge in [0.2, 0.25) is 0 Å². The largest absolute Gasteiger partial charge is 0.416 e. The van der Waals surface area contributed by atoms with Gasteiger partial charge < -0.3 is 4.57 Å². The quantitative estimate of drug-likeness (QED) is 0.162. The third-order valence-corrected chi connectivity index (χ3v) is 9.52. The van der Waals surface area contributed by atoms with Gasteiger partial charge in [0.15, 0.2) is 17.5 Å². The number of aromatic nitrogens is 4. The predicted octanol–water partition coefficient (Wildman–Crippen LogP) is 13.7. The molecule has 4 nitrogen and oxygen atoms in total. The van der Waals surface area contributed by atoms with Crippen molar-refractivity contribution < 1.29 is 52.7 Å². The molecule has 0 aliphatic rings. The third-order valence-electron chi connectivity index (χ3n) is 9.52. The molecule has 298 valence electrons. The minimum Gasteiger partial charge on any atom is -0.309 e. The molecule has 6 aromatic carbocycles. The molecule has 0 radical (unpaired) electrons. The van der Waals surface area contributed by atoms with Crippen LogP contribution < -0.4 is 0 Å². The molecule has 59 heavy (non-hydrogen) atoms. The number of hydrogen-bond acceptors (Lipinski definition) is 3. The summed E-state index contributed by atoms with van der Waals surface area (Å²) in [5.74, 6) is -0.0660. The molecule has 0 aliphatic heterocycles. The first kappa shape index (κ1) is 39.1. The van der Waals surface area contributed by atoms with E-state index < -0.39 is 52.5 Å². The van der Waals surface area contributed by atoms with E-state index in [-0.39, 0.29) is 62.2 Å². The second-order valence-corrected chi connectivity index (χ2v) is 13.4. The summed E-state index contributed by atoms with van der Waals surface area (Å²) in [4.78, 5) is 13.7. The van der Waals surface area contributed by atoms with Crippen LogP contribution in [0.2, 0.25) is 0 Å². The van der Waals surface area contributed by atoms with Crippen LogP contribution in [0.25, 0.3) is 72.8 Å². The summed E-state index contributed by atoms with van der Waals surface area (Å²) in [6.07, 6.45) is -20.4. The predicted molar refractivity (Wildman–Crippen MR) is 196 cm³/mol. The van der Waals surface area contributed by atoms with Crippen LogP contribution in [0.15, 0.2) is 133 Å². The van der Waals surface area contributed by atoms with Gasteiger partial charge in [-0.2, -0.15) is 52.7 Å². The van der Waals surface area contributed by atoms with Gasteiger partial charge in [-0.3, -0.25) is 0 Å². The van der Waals surface area contributed by atoms with E-state index in [0.717, 1.165) is 34.9 Å². The van der Waals surface area contributed by atoms with Crippen molar-refractivity contribution in [3.05, 3.63) is 156 Å². The molecule has 0 aliphatic carbocycles. The second-order valence-electron chi connectivity index (χ2n) is 13.4.